The van der Waals surface area contributed by atoms with Gasteiger partial charge in [-0.25, -0.2) is 0 Å². The zero-order valence-electron chi connectivity index (χ0n) is 24.8. The summed E-state index contributed by atoms with van der Waals surface area (Å²) in [4.78, 5) is 4.50. The largest absolute Gasteiger partial charge is 0.413 e. The summed E-state index contributed by atoms with van der Waals surface area (Å²) < 4.78 is 43.7. The zero-order valence-corrected chi connectivity index (χ0v) is 24.8. The quantitative estimate of drug-likeness (QED) is 0.196. The van der Waals surface area contributed by atoms with Gasteiger partial charge in [0.05, 0.1) is 39.6 Å². The maximum Gasteiger partial charge on any atom is 0.413 e. The summed E-state index contributed by atoms with van der Waals surface area (Å²) >= 11 is 0. The summed E-state index contributed by atoms with van der Waals surface area (Å²) in [6.07, 6.45) is 6.35. The fourth-order valence-electron chi connectivity index (χ4n) is 5.54. The summed E-state index contributed by atoms with van der Waals surface area (Å²) in [6, 6.07) is 10.8. The summed E-state index contributed by atoms with van der Waals surface area (Å²) in [5.74, 6) is 2.69. The van der Waals surface area contributed by atoms with Gasteiger partial charge in [-0.1, -0.05) is 38.8 Å². The van der Waals surface area contributed by atoms with Crippen LogP contribution in [0.5, 0.6) is 0 Å². The number of nitriles is 1. The number of pyridine rings is 1. The summed E-state index contributed by atoms with van der Waals surface area (Å²) in [6.45, 7) is 6.91. The van der Waals surface area contributed by atoms with E-state index >= 15 is 0 Å². The van der Waals surface area contributed by atoms with Crippen molar-refractivity contribution >= 4 is 33.2 Å². The monoisotopic (exact) mass is 599 g/mol. The molecular weight excluding hydrogens is 567 g/mol. The lowest BCUT2D eigenvalue weighted by molar-refractivity contribution is -0.195. The number of anilines is 2. The Labute approximate surface area is 253 Å². The predicted molar refractivity (Wildman–Crippen MR) is 164 cm³/mol. The number of hydrazine groups is 2. The molecule has 1 fully saturated rings. The topological polar surface area (TPSA) is 106 Å². The second-order valence-corrected chi connectivity index (χ2v) is 12.5. The van der Waals surface area contributed by atoms with Gasteiger partial charge in [0.2, 0.25) is 0 Å². The Kier molecular flexibility index (Phi) is 6.86. The molecule has 6 rings (SSSR count). The number of aromatic nitrogens is 3. The van der Waals surface area contributed by atoms with E-state index in [1.807, 2.05) is 37.5 Å². The minimum Gasteiger partial charge on any atom is -0.383 e. The number of fused-ring (bicyclic) bond motifs is 2. The van der Waals surface area contributed by atoms with Crippen LogP contribution in [-0.4, -0.2) is 38.0 Å². The Morgan fingerprint density at radius 1 is 1.16 bits per heavy atom. The molecule has 1 aliphatic heterocycles. The molecule has 1 saturated carbocycles. The van der Waals surface area contributed by atoms with Crippen molar-refractivity contribution in [2.45, 2.75) is 51.4 Å². The van der Waals surface area contributed by atoms with Crippen LogP contribution in [-0.2, 0) is 7.05 Å². The van der Waals surface area contributed by atoms with Gasteiger partial charge in [-0.3, -0.25) is 14.7 Å². The second kappa shape index (κ2) is 10.4. The first kappa shape index (κ1) is 29.1. The molecule has 1 aliphatic carbocycles. The molecule has 226 valence electrons. The molecule has 0 spiro atoms. The van der Waals surface area contributed by atoms with Crippen molar-refractivity contribution in [1.29, 1.82) is 5.26 Å². The highest BCUT2D eigenvalue weighted by atomic mass is 19.4. The molecule has 2 aromatic heterocycles. The van der Waals surface area contributed by atoms with Gasteiger partial charge in [0.25, 0.3) is 0 Å². The number of halogens is 3. The summed E-state index contributed by atoms with van der Waals surface area (Å²) in [7, 11) is 1.81. The van der Waals surface area contributed by atoms with Crippen molar-refractivity contribution < 1.29 is 13.2 Å². The molecule has 1 atom stereocenters. The first-order valence-corrected chi connectivity index (χ1v) is 14.2. The van der Waals surface area contributed by atoms with Crippen molar-refractivity contribution in [2.24, 2.45) is 12.5 Å². The van der Waals surface area contributed by atoms with Crippen molar-refractivity contribution in [1.82, 2.24) is 30.7 Å². The molecule has 0 bridgehead atoms. The normalized spacial score (nSPS) is 16.7. The van der Waals surface area contributed by atoms with Crippen molar-refractivity contribution in [3.05, 3.63) is 71.3 Å². The van der Waals surface area contributed by atoms with E-state index in [4.69, 9.17) is 6.42 Å². The highest BCUT2D eigenvalue weighted by molar-refractivity contribution is 5.99. The average molecular weight is 600 g/mol. The van der Waals surface area contributed by atoms with E-state index in [0.29, 0.717) is 45.6 Å². The van der Waals surface area contributed by atoms with E-state index < -0.39 is 17.8 Å². The minimum atomic E-state index is -4.40. The van der Waals surface area contributed by atoms with Crippen LogP contribution in [0.15, 0.2) is 54.6 Å². The molecule has 4 aromatic rings. The van der Waals surface area contributed by atoms with Crippen LogP contribution >= 0.6 is 0 Å². The van der Waals surface area contributed by atoms with E-state index in [-0.39, 0.29) is 18.3 Å². The molecule has 9 nitrogen and oxygen atoms in total. The molecule has 2 aromatic carbocycles. The van der Waals surface area contributed by atoms with Gasteiger partial charge in [0, 0.05) is 48.6 Å². The smallest absolute Gasteiger partial charge is 0.383 e. The number of nitrogens with zero attached hydrogens (tertiary/aromatic N) is 5. The standard InChI is InChI=1S/C32H32F3N9/c1-6-19-15-37-28-20(14-36)12-21(13-23(28)27(19)38-18-30(2,3)4)39-29(22-8-7-9-25-24(22)16-43(5)41-25)26-17-44(42-40-26)31(10-11-31)32(33,34)35/h1,7-9,12-13,15-17,29,39-40,42H,10-11,18H2,2-5H3,(H,37,38)/t29-/m0/s1. The Hall–Kier alpha value is -4.94. The SMILES string of the molecule is C#Cc1cnc2c(C#N)cc(N[C@H](C3=CN(C4(C(F)(F)F)CC4)NN3)c3cccc4nn(C)cc34)cc2c1NCC(C)(C)C. The maximum atomic E-state index is 14.0. The van der Waals surface area contributed by atoms with Crippen LogP contribution in [0.3, 0.4) is 0 Å². The number of terminal acetylenes is 1. The Morgan fingerprint density at radius 2 is 1.93 bits per heavy atom. The molecule has 2 aliphatic rings. The first-order valence-electron chi connectivity index (χ1n) is 14.2. The lowest BCUT2D eigenvalue weighted by Gasteiger charge is -2.28. The third-order valence-electron chi connectivity index (χ3n) is 7.98. The summed E-state index contributed by atoms with van der Waals surface area (Å²) in [5.41, 5.74) is 8.30. The van der Waals surface area contributed by atoms with Gasteiger partial charge < -0.3 is 16.1 Å². The van der Waals surface area contributed by atoms with E-state index in [2.05, 4.69) is 64.4 Å². The summed E-state index contributed by atoms with van der Waals surface area (Å²) in [5, 5.41) is 24.2. The number of hydrogen-bond donors (Lipinski definition) is 4. The molecular formula is C32H32F3N9. The number of benzene rings is 2. The van der Waals surface area contributed by atoms with Gasteiger partial charge in [-0.15, -0.1) is 12.0 Å². The molecule has 0 amide bonds. The fraction of sp³-hybridized carbons (Fsp3) is 0.344. The lowest BCUT2D eigenvalue weighted by atomic mass is 9.96. The van der Waals surface area contributed by atoms with E-state index in [9.17, 15) is 18.4 Å². The number of alkyl halides is 3. The van der Waals surface area contributed by atoms with Crippen LogP contribution in [0.4, 0.5) is 24.5 Å². The predicted octanol–water partition coefficient (Wildman–Crippen LogP) is 5.85. The fourth-order valence-corrected chi connectivity index (χ4v) is 5.54. The minimum absolute atomic E-state index is 0.00367. The molecule has 3 heterocycles. The Bertz CT molecular complexity index is 1880. The van der Waals surface area contributed by atoms with Crippen molar-refractivity contribution in [2.75, 3.05) is 17.2 Å². The molecule has 4 N–H and O–H groups in total. The number of aryl methyl sites for hydroxylation is 1. The third kappa shape index (κ3) is 5.12. The Balaban J connectivity index is 1.48. The molecule has 44 heavy (non-hydrogen) atoms. The lowest BCUT2D eigenvalue weighted by Crippen LogP contribution is -2.52. The highest BCUT2D eigenvalue weighted by Gasteiger charge is 2.67. The number of nitrogens with one attached hydrogen (secondary N) is 4. The van der Waals surface area contributed by atoms with Gasteiger partial charge in [0.1, 0.15) is 6.07 Å². The van der Waals surface area contributed by atoms with Crippen LogP contribution in [0, 0.1) is 29.1 Å². The average Bonchev–Trinajstić information content (AvgIpc) is 3.49. The van der Waals surface area contributed by atoms with Gasteiger partial charge in [-0.05, 0) is 42.0 Å². The van der Waals surface area contributed by atoms with Crippen LogP contribution < -0.4 is 21.6 Å². The molecule has 0 saturated heterocycles. The van der Waals surface area contributed by atoms with Crippen molar-refractivity contribution in [3.63, 3.8) is 0 Å². The second-order valence-electron chi connectivity index (χ2n) is 12.5. The molecule has 0 unspecified atom stereocenters. The van der Waals surface area contributed by atoms with Crippen LogP contribution in [0.2, 0.25) is 0 Å². The Morgan fingerprint density at radius 3 is 2.59 bits per heavy atom. The maximum absolute atomic E-state index is 14.0. The van der Waals surface area contributed by atoms with E-state index in [1.54, 1.807) is 16.9 Å². The number of hydrogen-bond acceptors (Lipinski definition) is 8. The molecule has 0 radical (unpaired) electrons. The van der Waals surface area contributed by atoms with Crippen LogP contribution in [0.25, 0.3) is 21.8 Å². The van der Waals surface area contributed by atoms with Gasteiger partial charge >= 0.3 is 6.18 Å². The zero-order chi connectivity index (χ0) is 31.4. The van der Waals surface area contributed by atoms with Gasteiger partial charge in [0.15, 0.2) is 5.54 Å². The number of rotatable bonds is 7. The van der Waals surface area contributed by atoms with Crippen LogP contribution in [0.1, 0.15) is 56.3 Å². The van der Waals surface area contributed by atoms with Crippen molar-refractivity contribution in [3.8, 4) is 18.4 Å². The molecule has 12 heteroatoms. The third-order valence-corrected chi connectivity index (χ3v) is 7.98. The van der Waals surface area contributed by atoms with E-state index in [0.717, 1.165) is 21.5 Å². The highest BCUT2D eigenvalue weighted by Crippen LogP contribution is 2.54. The first-order chi connectivity index (χ1) is 20.8. The van der Waals surface area contributed by atoms with Gasteiger partial charge in [-0.2, -0.15) is 23.5 Å². The van der Waals surface area contributed by atoms with E-state index in [1.165, 1.54) is 6.20 Å².